The second kappa shape index (κ2) is 65.5. The van der Waals surface area contributed by atoms with Crippen molar-refractivity contribution in [2.45, 2.75) is 19.8 Å². The van der Waals surface area contributed by atoms with E-state index in [1.165, 1.54) is 69.4 Å². The van der Waals surface area contributed by atoms with E-state index in [2.05, 4.69) is 16.0 Å². The first-order valence-electron chi connectivity index (χ1n) is 45.3. The van der Waals surface area contributed by atoms with Gasteiger partial charge in [-0.1, -0.05) is 0 Å². The van der Waals surface area contributed by atoms with Crippen LogP contribution < -0.4 is 21.1 Å². The number of amides is 7. The van der Waals surface area contributed by atoms with Gasteiger partial charge in [-0.2, -0.15) is 0 Å². The summed E-state index contributed by atoms with van der Waals surface area (Å²) < 4.78 is 0. The number of ketones is 2. The van der Waals surface area contributed by atoms with Crippen LogP contribution in [0.15, 0.2) is 0 Å². The summed E-state index contributed by atoms with van der Waals surface area (Å²) in [7, 11) is 5.18. The van der Waals surface area contributed by atoms with Crippen LogP contribution >= 0.6 is 0 Å². The van der Waals surface area contributed by atoms with Gasteiger partial charge in [0.15, 0.2) is 5.78 Å². The maximum Gasteiger partial charge on any atom is 3.00 e. The van der Waals surface area contributed by atoms with Crippen LogP contribution in [0.1, 0.15) is 19.8 Å². The number of likely N-dealkylation sites (N-methyl/N-ethyl adjacent to an activating group) is 4. The molecule has 4 rings (SSSR count). The Hall–Kier alpha value is -9.52. The summed E-state index contributed by atoms with van der Waals surface area (Å²) in [6.45, 7) is -7.65. The molecular formula is C83H142GdN23O31+2. The zero-order chi connectivity index (χ0) is 102. The van der Waals surface area contributed by atoms with E-state index in [-0.39, 0.29) is 262 Å². The molecule has 0 unspecified atom stereocenters. The van der Waals surface area contributed by atoms with Crippen LogP contribution in [0.3, 0.4) is 0 Å². The SMILES string of the molecule is CC(=O)CN1CCN(CC(=O)O)CCN(CC(=O)N(C)CC(=O)NCC(CCC(=O)CN(C)C(=O)CN2CCN(CC(=O)[O-])CCN(CC(=O)O)CCN(CC(=O)O)CC2)(CNC(=O)CN(C)C(=O)CN2CCN(CC(=O)O)CCN(CC(=O)O)CCN(CC(=O)O)CC2)CNC(=O)CN(C)C(=O)CN2CCN(CC(=O)O)CCN(CC(=O)O)CCN(CC(=O)O)CC2)CCN(CC(=O)O)CC1.[Gd+3]. The molecule has 4 heterocycles. The second-order valence-electron chi connectivity index (χ2n) is 35.3. The molecule has 54 nitrogen and oxygen atoms in total. The number of aliphatic carboxylic acids is 11. The zero-order valence-corrected chi connectivity index (χ0v) is 81.9. The summed E-state index contributed by atoms with van der Waals surface area (Å²) in [6.07, 6.45) is -0.916. The molecule has 781 valence electrons. The summed E-state index contributed by atoms with van der Waals surface area (Å²) >= 11 is 0. The van der Waals surface area contributed by atoms with Gasteiger partial charge in [0.2, 0.25) is 41.4 Å². The fraction of sp³-hybridized carbons (Fsp3) is 0.759. The van der Waals surface area contributed by atoms with Crippen molar-refractivity contribution in [1.82, 2.24) is 114 Å². The number of hydrogen-bond donors (Lipinski definition) is 13. The number of rotatable bonds is 49. The van der Waals surface area contributed by atoms with Crippen LogP contribution in [-0.2, 0) is 95.9 Å². The number of carboxylic acid groups (broad SMARTS) is 11. The molecule has 1 radical (unpaired) electrons. The second-order valence-corrected chi connectivity index (χ2v) is 35.3. The van der Waals surface area contributed by atoms with E-state index in [1.807, 2.05) is 0 Å². The van der Waals surface area contributed by atoms with Gasteiger partial charge in [-0.25, -0.2) is 0 Å². The van der Waals surface area contributed by atoms with Crippen LogP contribution in [0.5, 0.6) is 0 Å². The van der Waals surface area contributed by atoms with Crippen molar-refractivity contribution in [2.75, 3.05) is 388 Å². The van der Waals surface area contributed by atoms with Gasteiger partial charge < -0.3 is 96.5 Å². The number of nitrogens with one attached hydrogen (secondary N) is 3. The first-order valence-corrected chi connectivity index (χ1v) is 45.3. The summed E-state index contributed by atoms with van der Waals surface area (Å²) in [5, 5.41) is 118. The van der Waals surface area contributed by atoms with E-state index in [4.69, 9.17) is 0 Å². The van der Waals surface area contributed by atoms with Crippen LogP contribution in [0.2, 0.25) is 0 Å². The van der Waals surface area contributed by atoms with Crippen LogP contribution in [0.4, 0.5) is 0 Å². The number of hydrogen-bond acceptors (Lipinski definition) is 37. The molecule has 13 N–H and O–H groups in total. The minimum atomic E-state index is -1.75. The standard InChI is InChI=1S/C83H143N23O31.Gd/c1-63(107)40-91-8-18-96(49-72(116)117)20-12-93(13-21-97(19-9-91)50-73(118)119)46-69(113)88(3)42-65(109)84-60-83(7-6-64(108)41-87(2)68(112)45-92-10-22-98(51-74(120)121)28-34-104(57-80(132)133)35-29-99(23-11-92)52-75(122)123,61-85-66(110)43-89(4)70(114)47-94-14-24-100(53-76(124)125)30-36-105(58-81(134)135)37-31-101(25-15-94)54-77(126)127)62-86-67(111)44-90(5)71(115)48-95-16-26-102(55-78(128)129)32-38-106(59-82(136)137)39-33-103(27-17-95)56-79(130)131;/h6-62H2,1-5H3,(H,84,109)(H,85,110)(H,86,111)(H,116,117)(H,118,119)(H,120,121)(H,122,123)(H,124,125)(H,126,127)(H,128,129)(H,130,131)(H,132,133)(H,134,135)(H,136,137);/q;+3/p-1. The van der Waals surface area contributed by atoms with Gasteiger partial charge in [0.25, 0.3) is 0 Å². The summed E-state index contributed by atoms with van der Waals surface area (Å²) in [4.78, 5) is 291. The Bertz CT molecular complexity index is 3400. The molecule has 138 heavy (non-hydrogen) atoms. The van der Waals surface area contributed by atoms with E-state index in [9.17, 15) is 152 Å². The quantitative estimate of drug-likeness (QED) is 0.0269. The Morgan fingerprint density at radius 1 is 0.239 bits per heavy atom. The van der Waals surface area contributed by atoms with Crippen molar-refractivity contribution in [3.05, 3.63) is 0 Å². The molecule has 0 bridgehead atoms. The number of carbonyl (C=O) groups is 20. The molecule has 4 aliphatic rings. The van der Waals surface area contributed by atoms with Crippen molar-refractivity contribution in [2.24, 2.45) is 5.41 Å². The molecule has 0 aliphatic carbocycles. The zero-order valence-electron chi connectivity index (χ0n) is 79.6. The molecular weight excluding hydrogens is 1970 g/mol. The molecule has 0 spiro atoms. The average Bonchev–Trinajstić information content (AvgIpc) is 0.801. The predicted octanol–water partition coefficient (Wildman–Crippen LogP) is -13.4. The monoisotopic (exact) mass is 2110 g/mol. The Balaban J connectivity index is 0.0000490. The van der Waals surface area contributed by atoms with Crippen LogP contribution in [0.25, 0.3) is 0 Å². The van der Waals surface area contributed by atoms with E-state index in [1.54, 1.807) is 44.1 Å². The van der Waals surface area contributed by atoms with Gasteiger partial charge in [-0.05, 0) is 13.3 Å². The maximum atomic E-state index is 14.7. The third-order valence-corrected chi connectivity index (χ3v) is 23.7. The minimum absolute atomic E-state index is 0. The number of nitrogens with zero attached hydrogens (tertiary/aromatic N) is 20. The first-order chi connectivity index (χ1) is 64.6. The largest absolute Gasteiger partial charge is 3.00 e. The van der Waals surface area contributed by atoms with E-state index < -0.39 is 275 Å². The molecule has 0 aromatic heterocycles. The minimum Gasteiger partial charge on any atom is -0.549 e. The molecule has 4 saturated heterocycles. The van der Waals surface area contributed by atoms with Crippen molar-refractivity contribution in [3.8, 4) is 0 Å². The Morgan fingerprint density at radius 2 is 0.384 bits per heavy atom. The molecule has 0 atom stereocenters. The van der Waals surface area contributed by atoms with Crippen LogP contribution in [0, 0.1) is 45.4 Å². The number of Topliss-reactive ketones (excluding diaryl/α,β-unsaturated/α-hetero) is 2. The summed E-state index contributed by atoms with van der Waals surface area (Å²) in [5.74, 6) is -19.4. The molecule has 4 aliphatic heterocycles. The van der Waals surface area contributed by atoms with E-state index in [0.29, 0.717) is 0 Å². The van der Waals surface area contributed by atoms with Gasteiger partial charge in [-0.3, -0.25) is 169 Å². The van der Waals surface area contributed by atoms with E-state index in [0.717, 1.165) is 19.6 Å². The third-order valence-electron chi connectivity index (χ3n) is 23.7. The molecule has 7 amide bonds. The normalized spacial score (nSPS) is 18.2. The van der Waals surface area contributed by atoms with Gasteiger partial charge >= 0.3 is 99.6 Å². The Labute approximate surface area is 833 Å². The maximum absolute atomic E-state index is 14.7. The first kappa shape index (κ1) is 123. The Kier molecular flexibility index (Phi) is 58.2. The predicted molar refractivity (Wildman–Crippen MR) is 481 cm³/mol. The molecule has 0 saturated carbocycles. The van der Waals surface area contributed by atoms with E-state index >= 15 is 0 Å². The summed E-state index contributed by atoms with van der Waals surface area (Å²) in [5.41, 5.74) is -1.75. The van der Waals surface area contributed by atoms with Crippen molar-refractivity contribution >= 4 is 119 Å². The summed E-state index contributed by atoms with van der Waals surface area (Å²) in [6, 6.07) is 0. The fourth-order valence-corrected chi connectivity index (χ4v) is 15.7. The van der Waals surface area contributed by atoms with Crippen molar-refractivity contribution in [1.29, 1.82) is 0 Å². The smallest absolute Gasteiger partial charge is 0.549 e. The van der Waals surface area contributed by atoms with Gasteiger partial charge in [0.1, 0.15) is 5.78 Å². The van der Waals surface area contributed by atoms with Gasteiger partial charge in [-0.15, -0.1) is 0 Å². The van der Waals surface area contributed by atoms with Crippen molar-refractivity contribution < 1.29 is 192 Å². The van der Waals surface area contributed by atoms with Crippen molar-refractivity contribution in [3.63, 3.8) is 0 Å². The topological polar surface area (TPSA) is 668 Å². The fourth-order valence-electron chi connectivity index (χ4n) is 15.7. The number of carboxylic acids is 11. The van der Waals surface area contributed by atoms with Gasteiger partial charge in [0.05, 0.1) is 130 Å². The molecule has 55 heteroatoms. The Morgan fingerprint density at radius 3 is 0.536 bits per heavy atom. The van der Waals surface area contributed by atoms with Gasteiger partial charge in [0, 0.05) is 276 Å². The third kappa shape index (κ3) is 54.9. The molecule has 4 fully saturated rings. The van der Waals surface area contributed by atoms with Crippen LogP contribution in [-0.4, -0.2) is 656 Å². The molecule has 0 aromatic carbocycles. The molecule has 0 aromatic rings. The average molecular weight is 2120 g/mol. The number of carbonyl (C=O) groups excluding carboxylic acids is 10.